The lowest BCUT2D eigenvalue weighted by Crippen LogP contribution is -2.50. The van der Waals surface area contributed by atoms with Crippen molar-refractivity contribution in [3.8, 4) is 0 Å². The average Bonchev–Trinajstić information content (AvgIpc) is 2.55. The molecule has 0 unspecified atom stereocenters. The van der Waals surface area contributed by atoms with Crippen molar-refractivity contribution in [2.75, 3.05) is 11.9 Å². The standard InChI is InChI=1S/C19H21Cl2NO3/c20-15-2-1-14(6-16(15)21)22-17(23)10-25-18(24)19-7-11-3-12(8-19)5-13(4-11)9-19/h1-2,6,11-13H,3-5,7-10H2,(H,22,23). The van der Waals surface area contributed by atoms with E-state index in [-0.39, 0.29) is 23.9 Å². The second kappa shape index (κ2) is 6.48. The van der Waals surface area contributed by atoms with E-state index < -0.39 is 0 Å². The molecule has 25 heavy (non-hydrogen) atoms. The molecule has 0 atom stereocenters. The number of ether oxygens (including phenoxy) is 1. The minimum Gasteiger partial charge on any atom is -0.455 e. The van der Waals surface area contributed by atoms with Gasteiger partial charge < -0.3 is 10.1 Å². The van der Waals surface area contributed by atoms with Crippen LogP contribution in [0.15, 0.2) is 18.2 Å². The predicted octanol–water partition coefficient (Wildman–Crippen LogP) is 4.69. The van der Waals surface area contributed by atoms with E-state index in [1.807, 2.05) is 0 Å². The largest absolute Gasteiger partial charge is 0.455 e. The normalized spacial score (nSPS) is 32.5. The van der Waals surface area contributed by atoms with Crippen LogP contribution in [0.3, 0.4) is 0 Å². The molecule has 1 aromatic rings. The zero-order valence-electron chi connectivity index (χ0n) is 13.9. The van der Waals surface area contributed by atoms with Crippen LogP contribution in [0, 0.1) is 23.2 Å². The van der Waals surface area contributed by atoms with Gasteiger partial charge in [0.25, 0.3) is 5.91 Å². The van der Waals surface area contributed by atoms with Gasteiger partial charge in [-0.2, -0.15) is 0 Å². The molecule has 1 N–H and O–H groups in total. The zero-order valence-corrected chi connectivity index (χ0v) is 15.4. The van der Waals surface area contributed by atoms with Gasteiger partial charge in [-0.25, -0.2) is 0 Å². The molecule has 134 valence electrons. The number of hydrogen-bond acceptors (Lipinski definition) is 3. The van der Waals surface area contributed by atoms with Crippen molar-refractivity contribution >= 4 is 40.8 Å². The van der Waals surface area contributed by atoms with Crippen molar-refractivity contribution in [3.05, 3.63) is 28.2 Å². The summed E-state index contributed by atoms with van der Waals surface area (Å²) in [6.45, 7) is -0.263. The highest BCUT2D eigenvalue weighted by Crippen LogP contribution is 2.60. The maximum Gasteiger partial charge on any atom is 0.312 e. The highest BCUT2D eigenvalue weighted by atomic mass is 35.5. The fraction of sp³-hybridized carbons (Fsp3) is 0.579. The van der Waals surface area contributed by atoms with Crippen molar-refractivity contribution in [1.82, 2.24) is 0 Å². The molecule has 0 aliphatic heterocycles. The highest BCUT2D eigenvalue weighted by Gasteiger charge is 2.55. The van der Waals surface area contributed by atoms with Crippen LogP contribution in [-0.4, -0.2) is 18.5 Å². The van der Waals surface area contributed by atoms with Crippen molar-refractivity contribution in [2.45, 2.75) is 38.5 Å². The number of anilines is 1. The van der Waals surface area contributed by atoms with Crippen LogP contribution < -0.4 is 5.32 Å². The molecule has 4 nitrogen and oxygen atoms in total. The average molecular weight is 382 g/mol. The number of amides is 1. The Morgan fingerprint density at radius 3 is 2.20 bits per heavy atom. The van der Waals surface area contributed by atoms with Crippen LogP contribution >= 0.6 is 23.2 Å². The van der Waals surface area contributed by atoms with Gasteiger partial charge in [0.1, 0.15) is 0 Å². The fourth-order valence-electron chi connectivity index (χ4n) is 5.42. The monoisotopic (exact) mass is 381 g/mol. The Bertz CT molecular complexity index is 683. The fourth-order valence-corrected chi connectivity index (χ4v) is 5.71. The highest BCUT2D eigenvalue weighted by molar-refractivity contribution is 6.42. The summed E-state index contributed by atoms with van der Waals surface area (Å²) in [5.74, 6) is 1.46. The minimum absolute atomic E-state index is 0.184. The Morgan fingerprint density at radius 2 is 1.64 bits per heavy atom. The molecule has 4 fully saturated rings. The lowest BCUT2D eigenvalue weighted by molar-refractivity contribution is -0.172. The van der Waals surface area contributed by atoms with Crippen LogP contribution in [0.5, 0.6) is 0 Å². The lowest BCUT2D eigenvalue weighted by atomic mass is 9.49. The molecule has 4 aliphatic rings. The van der Waals surface area contributed by atoms with Crippen molar-refractivity contribution in [1.29, 1.82) is 0 Å². The van der Waals surface area contributed by atoms with Crippen molar-refractivity contribution < 1.29 is 14.3 Å². The van der Waals surface area contributed by atoms with E-state index in [0.29, 0.717) is 33.5 Å². The third-order valence-corrected chi connectivity index (χ3v) is 6.75. The first-order valence-corrected chi connectivity index (χ1v) is 9.61. The molecule has 5 rings (SSSR count). The summed E-state index contributed by atoms with van der Waals surface area (Å²) >= 11 is 11.8. The first kappa shape index (κ1) is 17.2. The number of halogens is 2. The molecule has 4 aliphatic carbocycles. The Morgan fingerprint density at radius 1 is 1.04 bits per heavy atom. The zero-order chi connectivity index (χ0) is 17.6. The molecule has 0 heterocycles. The number of esters is 1. The van der Waals surface area contributed by atoms with E-state index in [0.717, 1.165) is 19.3 Å². The van der Waals surface area contributed by atoms with Gasteiger partial charge in [-0.05, 0) is 74.5 Å². The molecular weight excluding hydrogens is 361 g/mol. The molecule has 4 saturated carbocycles. The Labute approximate surface area is 157 Å². The molecule has 1 aromatic carbocycles. The second-order valence-corrected chi connectivity index (χ2v) is 8.77. The van der Waals surface area contributed by atoms with E-state index >= 15 is 0 Å². The van der Waals surface area contributed by atoms with Crippen LogP contribution in [0.2, 0.25) is 10.0 Å². The number of carbonyl (C=O) groups is 2. The van der Waals surface area contributed by atoms with Gasteiger partial charge in [-0.1, -0.05) is 23.2 Å². The van der Waals surface area contributed by atoms with Gasteiger partial charge in [-0.15, -0.1) is 0 Å². The van der Waals surface area contributed by atoms with Crippen LogP contribution in [0.25, 0.3) is 0 Å². The Hall–Kier alpha value is -1.26. The number of carbonyl (C=O) groups excluding carboxylic acids is 2. The van der Waals surface area contributed by atoms with E-state index in [9.17, 15) is 9.59 Å². The summed E-state index contributed by atoms with van der Waals surface area (Å²) in [6.07, 6.45) is 6.61. The molecule has 1 amide bonds. The molecule has 0 radical (unpaired) electrons. The van der Waals surface area contributed by atoms with Crippen molar-refractivity contribution in [3.63, 3.8) is 0 Å². The third kappa shape index (κ3) is 3.39. The maximum atomic E-state index is 12.7. The number of hydrogen-bond donors (Lipinski definition) is 1. The summed E-state index contributed by atoms with van der Waals surface area (Å²) in [7, 11) is 0. The molecule has 4 bridgehead atoms. The lowest BCUT2D eigenvalue weighted by Gasteiger charge is -2.55. The Kier molecular flexibility index (Phi) is 4.45. The molecule has 0 saturated heterocycles. The summed E-state index contributed by atoms with van der Waals surface area (Å²) in [5, 5.41) is 3.47. The Balaban J connectivity index is 1.34. The van der Waals surface area contributed by atoms with E-state index in [1.165, 1.54) is 19.3 Å². The van der Waals surface area contributed by atoms with Gasteiger partial charge in [0.15, 0.2) is 6.61 Å². The van der Waals surface area contributed by atoms with Crippen LogP contribution in [-0.2, 0) is 14.3 Å². The van der Waals surface area contributed by atoms with Gasteiger partial charge in [0, 0.05) is 5.69 Å². The van der Waals surface area contributed by atoms with E-state index in [2.05, 4.69) is 5.32 Å². The smallest absolute Gasteiger partial charge is 0.312 e. The second-order valence-electron chi connectivity index (χ2n) is 7.95. The van der Waals surface area contributed by atoms with Crippen LogP contribution in [0.1, 0.15) is 38.5 Å². The predicted molar refractivity (Wildman–Crippen MR) is 96.7 cm³/mol. The number of benzene rings is 1. The van der Waals surface area contributed by atoms with Crippen molar-refractivity contribution in [2.24, 2.45) is 23.2 Å². The summed E-state index contributed by atoms with van der Waals surface area (Å²) in [4.78, 5) is 24.8. The molecule has 0 spiro atoms. The third-order valence-electron chi connectivity index (χ3n) is 6.01. The molecule has 6 heteroatoms. The number of nitrogens with one attached hydrogen (secondary N) is 1. The minimum atomic E-state index is -0.364. The maximum absolute atomic E-state index is 12.7. The van der Waals surface area contributed by atoms with Gasteiger partial charge >= 0.3 is 5.97 Å². The van der Waals surface area contributed by atoms with Gasteiger partial charge in [0.2, 0.25) is 0 Å². The first-order chi connectivity index (χ1) is 11.9. The topological polar surface area (TPSA) is 55.4 Å². The quantitative estimate of drug-likeness (QED) is 0.769. The first-order valence-electron chi connectivity index (χ1n) is 8.86. The SMILES string of the molecule is O=C(COC(=O)C12CC3CC(CC(C3)C1)C2)Nc1ccc(Cl)c(Cl)c1. The van der Waals surface area contributed by atoms with Gasteiger partial charge in [0.05, 0.1) is 15.5 Å². The number of rotatable bonds is 4. The molecule has 0 aromatic heterocycles. The van der Waals surface area contributed by atoms with E-state index in [4.69, 9.17) is 27.9 Å². The molecular formula is C19H21Cl2NO3. The van der Waals surface area contributed by atoms with Gasteiger partial charge in [-0.3, -0.25) is 9.59 Å². The summed E-state index contributed by atoms with van der Waals surface area (Å²) in [6, 6.07) is 4.84. The summed E-state index contributed by atoms with van der Waals surface area (Å²) < 4.78 is 5.40. The van der Waals surface area contributed by atoms with Crippen LogP contribution in [0.4, 0.5) is 5.69 Å². The summed E-state index contributed by atoms with van der Waals surface area (Å²) in [5.41, 5.74) is 0.198. The van der Waals surface area contributed by atoms with E-state index in [1.54, 1.807) is 18.2 Å².